The molecule has 34 heavy (non-hydrogen) atoms. The van der Waals surface area contributed by atoms with E-state index < -0.39 is 17.7 Å². The number of benzene rings is 2. The number of nitrogens with one attached hydrogen (secondary N) is 1. The quantitative estimate of drug-likeness (QED) is 0.288. The summed E-state index contributed by atoms with van der Waals surface area (Å²) in [5, 5.41) is 10.9. The van der Waals surface area contributed by atoms with Gasteiger partial charge in [-0.1, -0.05) is 11.6 Å². The summed E-state index contributed by atoms with van der Waals surface area (Å²) >= 11 is 6.39. The average molecular weight is 492 g/mol. The van der Waals surface area contributed by atoms with E-state index in [4.69, 9.17) is 30.5 Å². The largest absolute Gasteiger partial charge is 0.494 e. The molecule has 9 nitrogen and oxygen atoms in total. The fraction of sp³-hybridized carbons (Fsp3) is 0.417. The van der Waals surface area contributed by atoms with E-state index >= 15 is 0 Å². The molecule has 2 rings (SSSR count). The van der Waals surface area contributed by atoms with Crippen LogP contribution >= 0.6 is 11.6 Å². The van der Waals surface area contributed by atoms with Gasteiger partial charge in [-0.3, -0.25) is 9.59 Å². The third-order valence-corrected chi connectivity index (χ3v) is 4.68. The zero-order valence-electron chi connectivity index (χ0n) is 20.0. The lowest BCUT2D eigenvalue weighted by atomic mass is 10.2. The Morgan fingerprint density at radius 3 is 1.88 bits per heavy atom. The van der Waals surface area contributed by atoms with E-state index in [1.54, 1.807) is 30.3 Å². The summed E-state index contributed by atoms with van der Waals surface area (Å²) in [4.78, 5) is 25.1. The molecule has 0 bridgehead atoms. The summed E-state index contributed by atoms with van der Waals surface area (Å²) in [5.74, 6) is 0.698. The second kappa shape index (κ2) is 13.4. The van der Waals surface area contributed by atoms with Crippen LogP contribution in [0.3, 0.4) is 0 Å². The van der Waals surface area contributed by atoms with Gasteiger partial charge in [-0.05, 0) is 34.6 Å². The van der Waals surface area contributed by atoms with Gasteiger partial charge in [-0.15, -0.1) is 0 Å². The van der Waals surface area contributed by atoms with Crippen LogP contribution in [0.15, 0.2) is 40.6 Å². The Kier molecular flexibility index (Phi) is 10.6. The SMILES string of the molecule is CCOc1cc(N=NC(C(C)=O)C(=O)Nc2cc(OCC)cc(OCC)c2Cl)cc(OCC)c1. The smallest absolute Gasteiger partial charge is 0.258 e. The van der Waals surface area contributed by atoms with Crippen LogP contribution in [0.1, 0.15) is 34.6 Å². The molecule has 0 aromatic heterocycles. The highest BCUT2D eigenvalue weighted by Crippen LogP contribution is 2.37. The summed E-state index contributed by atoms with van der Waals surface area (Å²) in [6.45, 7) is 10.3. The molecule has 0 radical (unpaired) electrons. The standard InChI is InChI=1S/C24H30ClN3O6/c1-6-31-17-10-16(11-18(12-17)32-7-2)27-28-23(15(5)29)24(30)26-20-13-19(33-8-3)14-21(22(20)25)34-9-4/h10-14,23H,6-9H2,1-5H3,(H,26,30). The monoisotopic (exact) mass is 491 g/mol. The van der Waals surface area contributed by atoms with Crippen molar-refractivity contribution in [3.05, 3.63) is 35.4 Å². The molecule has 0 fully saturated rings. The molecule has 0 aliphatic carbocycles. The third kappa shape index (κ3) is 7.62. The predicted octanol–water partition coefficient (Wildman–Crippen LogP) is 5.61. The molecule has 0 spiro atoms. The van der Waals surface area contributed by atoms with E-state index in [1.165, 1.54) is 6.92 Å². The Morgan fingerprint density at radius 1 is 0.853 bits per heavy atom. The lowest BCUT2D eigenvalue weighted by molar-refractivity contribution is -0.126. The van der Waals surface area contributed by atoms with Gasteiger partial charge in [-0.2, -0.15) is 10.2 Å². The summed E-state index contributed by atoms with van der Waals surface area (Å²) in [7, 11) is 0. The van der Waals surface area contributed by atoms with Crippen LogP contribution in [0.25, 0.3) is 0 Å². The second-order valence-electron chi connectivity index (χ2n) is 6.90. The van der Waals surface area contributed by atoms with E-state index in [0.29, 0.717) is 55.1 Å². The van der Waals surface area contributed by atoms with Crippen LogP contribution in [-0.4, -0.2) is 44.2 Å². The van der Waals surface area contributed by atoms with Crippen LogP contribution in [0, 0.1) is 0 Å². The van der Waals surface area contributed by atoms with E-state index in [1.807, 2.05) is 27.7 Å². The van der Waals surface area contributed by atoms with Gasteiger partial charge in [0, 0.05) is 30.3 Å². The average Bonchev–Trinajstić information content (AvgIpc) is 2.77. The number of rotatable bonds is 13. The summed E-state index contributed by atoms with van der Waals surface area (Å²) in [6, 6.07) is 6.80. The predicted molar refractivity (Wildman–Crippen MR) is 130 cm³/mol. The minimum atomic E-state index is -1.39. The van der Waals surface area contributed by atoms with Crippen molar-refractivity contribution in [1.82, 2.24) is 0 Å². The van der Waals surface area contributed by atoms with E-state index in [0.717, 1.165) is 0 Å². The van der Waals surface area contributed by atoms with Gasteiger partial charge in [0.05, 0.1) is 37.8 Å². The van der Waals surface area contributed by atoms with Crippen molar-refractivity contribution in [1.29, 1.82) is 0 Å². The van der Waals surface area contributed by atoms with E-state index in [9.17, 15) is 9.59 Å². The van der Waals surface area contributed by atoms with Gasteiger partial charge in [-0.25, -0.2) is 0 Å². The van der Waals surface area contributed by atoms with Gasteiger partial charge in [0.1, 0.15) is 28.0 Å². The molecule has 2 aromatic carbocycles. The number of amides is 1. The number of ketones is 1. The summed E-state index contributed by atoms with van der Waals surface area (Å²) < 4.78 is 22.1. The van der Waals surface area contributed by atoms with Crippen LogP contribution in [0.5, 0.6) is 23.0 Å². The van der Waals surface area contributed by atoms with Crippen molar-refractivity contribution in [2.45, 2.75) is 40.7 Å². The molecule has 0 aliphatic heterocycles. The maximum absolute atomic E-state index is 12.9. The number of hydrogen-bond acceptors (Lipinski definition) is 8. The molecule has 184 valence electrons. The minimum Gasteiger partial charge on any atom is -0.494 e. The number of ether oxygens (including phenoxy) is 4. The van der Waals surface area contributed by atoms with Crippen molar-refractivity contribution < 1.29 is 28.5 Å². The number of hydrogen-bond donors (Lipinski definition) is 1. The van der Waals surface area contributed by atoms with E-state index in [2.05, 4.69) is 15.5 Å². The van der Waals surface area contributed by atoms with E-state index in [-0.39, 0.29) is 10.7 Å². The van der Waals surface area contributed by atoms with Crippen LogP contribution in [0.2, 0.25) is 5.02 Å². The molecule has 0 saturated heterocycles. The molecule has 1 amide bonds. The van der Waals surface area contributed by atoms with Crippen LogP contribution < -0.4 is 24.3 Å². The first-order chi connectivity index (χ1) is 16.3. The minimum absolute atomic E-state index is 0.184. The number of azo groups is 1. The first-order valence-electron chi connectivity index (χ1n) is 11.0. The highest BCUT2D eigenvalue weighted by atomic mass is 35.5. The lowest BCUT2D eigenvalue weighted by Crippen LogP contribution is -2.32. The highest BCUT2D eigenvalue weighted by molar-refractivity contribution is 6.35. The third-order valence-electron chi connectivity index (χ3n) is 4.29. The number of Topliss-reactive ketones (excluding diaryl/α,β-unsaturated/α-hetero) is 1. The van der Waals surface area contributed by atoms with Crippen molar-refractivity contribution >= 4 is 34.7 Å². The van der Waals surface area contributed by atoms with Gasteiger partial charge < -0.3 is 24.3 Å². The Labute approximate surface area is 204 Å². The van der Waals surface area contributed by atoms with Gasteiger partial charge in [0.25, 0.3) is 5.91 Å². The maximum Gasteiger partial charge on any atom is 0.258 e. The molecular formula is C24H30ClN3O6. The second-order valence-corrected chi connectivity index (χ2v) is 7.27. The highest BCUT2D eigenvalue weighted by Gasteiger charge is 2.25. The number of carbonyl (C=O) groups excluding carboxylic acids is 2. The Hall–Kier alpha value is -3.33. The van der Waals surface area contributed by atoms with Crippen molar-refractivity contribution in [3.63, 3.8) is 0 Å². The van der Waals surface area contributed by atoms with Crippen LogP contribution in [-0.2, 0) is 9.59 Å². The van der Waals surface area contributed by atoms with Crippen molar-refractivity contribution in [3.8, 4) is 23.0 Å². The number of carbonyl (C=O) groups is 2. The number of halogens is 1. The fourth-order valence-electron chi connectivity index (χ4n) is 2.93. The molecule has 10 heteroatoms. The van der Waals surface area contributed by atoms with Gasteiger partial charge in [0.2, 0.25) is 6.04 Å². The molecule has 1 unspecified atom stereocenters. The fourth-order valence-corrected chi connectivity index (χ4v) is 3.14. The number of nitrogens with zero attached hydrogens (tertiary/aromatic N) is 2. The molecule has 0 saturated carbocycles. The first kappa shape index (κ1) is 26.9. The lowest BCUT2D eigenvalue weighted by Gasteiger charge is -2.15. The first-order valence-corrected chi connectivity index (χ1v) is 11.4. The Bertz CT molecular complexity index is 1000. The molecule has 2 aromatic rings. The number of anilines is 1. The van der Waals surface area contributed by atoms with Crippen molar-refractivity contribution in [2.75, 3.05) is 31.7 Å². The normalized spacial score (nSPS) is 11.7. The Morgan fingerprint density at radius 2 is 1.38 bits per heavy atom. The van der Waals surface area contributed by atoms with Gasteiger partial charge in [0.15, 0.2) is 5.78 Å². The maximum atomic E-state index is 12.9. The zero-order chi connectivity index (χ0) is 25.1. The molecule has 0 aliphatic rings. The van der Waals surface area contributed by atoms with Crippen molar-refractivity contribution in [2.24, 2.45) is 10.2 Å². The Balaban J connectivity index is 2.32. The molecular weight excluding hydrogens is 462 g/mol. The van der Waals surface area contributed by atoms with Gasteiger partial charge >= 0.3 is 0 Å². The zero-order valence-corrected chi connectivity index (χ0v) is 20.8. The van der Waals surface area contributed by atoms with Crippen LogP contribution in [0.4, 0.5) is 11.4 Å². The molecule has 1 atom stereocenters. The summed E-state index contributed by atoms with van der Waals surface area (Å²) in [5.41, 5.74) is 0.614. The molecule has 1 N–H and O–H groups in total. The molecule has 0 heterocycles. The summed E-state index contributed by atoms with van der Waals surface area (Å²) in [6.07, 6.45) is 0. The topological polar surface area (TPSA) is 108 Å².